The normalized spacial score (nSPS) is 26.6. The summed E-state index contributed by atoms with van der Waals surface area (Å²) in [5.41, 5.74) is 1.13. The second-order valence-electron chi connectivity index (χ2n) is 7.00. The van der Waals surface area contributed by atoms with Gasteiger partial charge in [0.05, 0.1) is 5.92 Å². The average molecular weight is 345 g/mol. The molecule has 1 aromatic rings. The molecule has 1 saturated carbocycles. The summed E-state index contributed by atoms with van der Waals surface area (Å²) in [5.74, 6) is 1.15. The molecule has 2 heterocycles. The maximum Gasteiger partial charge on any atom is 0.311 e. The molecule has 5 heteroatoms. The second kappa shape index (κ2) is 6.79. The van der Waals surface area contributed by atoms with Crippen molar-refractivity contribution in [2.75, 3.05) is 18.8 Å². The second-order valence-corrected chi connectivity index (χ2v) is 8.13. The Bertz CT molecular complexity index is 643. The van der Waals surface area contributed by atoms with Crippen molar-refractivity contribution >= 4 is 23.6 Å². The molecule has 2 aliphatic heterocycles. The molecule has 3 aliphatic rings. The van der Waals surface area contributed by atoms with Crippen molar-refractivity contribution in [2.45, 2.75) is 43.1 Å². The molecule has 24 heavy (non-hydrogen) atoms. The summed E-state index contributed by atoms with van der Waals surface area (Å²) in [6.45, 7) is 1.33. The zero-order valence-corrected chi connectivity index (χ0v) is 14.6. The van der Waals surface area contributed by atoms with Crippen molar-refractivity contribution in [3.63, 3.8) is 0 Å². The van der Waals surface area contributed by atoms with E-state index in [2.05, 4.69) is 12.1 Å². The Morgan fingerprint density at radius 2 is 1.92 bits per heavy atom. The minimum absolute atomic E-state index is 0.130. The van der Waals surface area contributed by atoms with Gasteiger partial charge >= 0.3 is 5.97 Å². The number of likely N-dealkylation sites (tertiary alicyclic amines) is 1. The summed E-state index contributed by atoms with van der Waals surface area (Å²) >= 11 is 1.83. The number of benzene rings is 1. The molecule has 4 nitrogen and oxygen atoms in total. The predicted molar refractivity (Wildman–Crippen MR) is 92.6 cm³/mol. The number of esters is 1. The Labute approximate surface area is 146 Å². The van der Waals surface area contributed by atoms with Crippen LogP contribution >= 0.6 is 11.8 Å². The van der Waals surface area contributed by atoms with Crippen molar-refractivity contribution in [1.29, 1.82) is 0 Å². The number of nitrogens with zero attached hydrogens (tertiary/aromatic N) is 1. The van der Waals surface area contributed by atoms with E-state index in [0.29, 0.717) is 6.54 Å². The topological polar surface area (TPSA) is 46.6 Å². The van der Waals surface area contributed by atoms with Crippen LogP contribution in [0.2, 0.25) is 0 Å². The lowest BCUT2D eigenvalue weighted by Crippen LogP contribution is -2.43. The zero-order chi connectivity index (χ0) is 16.5. The molecule has 1 amide bonds. The van der Waals surface area contributed by atoms with Gasteiger partial charge in [-0.25, -0.2) is 0 Å². The van der Waals surface area contributed by atoms with E-state index in [-0.39, 0.29) is 29.8 Å². The molecular formula is C19H23NO3S. The number of rotatable bonds is 3. The van der Waals surface area contributed by atoms with Gasteiger partial charge in [0.25, 0.3) is 0 Å². The zero-order valence-electron chi connectivity index (χ0n) is 13.8. The Morgan fingerprint density at radius 1 is 1.08 bits per heavy atom. The third kappa shape index (κ3) is 3.32. The highest BCUT2D eigenvalue weighted by Gasteiger charge is 2.37. The number of fused-ring (bicyclic) bond motifs is 1. The van der Waals surface area contributed by atoms with Crippen LogP contribution in [-0.4, -0.2) is 35.6 Å². The van der Waals surface area contributed by atoms with Gasteiger partial charge in [0.1, 0.15) is 6.10 Å². The predicted octanol–water partition coefficient (Wildman–Crippen LogP) is 3.42. The number of hydrogen-bond donors (Lipinski definition) is 0. The van der Waals surface area contributed by atoms with Gasteiger partial charge in [-0.05, 0) is 38.2 Å². The molecule has 1 saturated heterocycles. The van der Waals surface area contributed by atoms with Crippen molar-refractivity contribution in [3.05, 3.63) is 29.8 Å². The first-order valence-corrected chi connectivity index (χ1v) is 9.92. The third-order valence-electron chi connectivity index (χ3n) is 5.15. The third-order valence-corrected chi connectivity index (χ3v) is 6.28. The van der Waals surface area contributed by atoms with Gasteiger partial charge in [0, 0.05) is 35.2 Å². The fourth-order valence-corrected chi connectivity index (χ4v) is 4.72. The minimum Gasteiger partial charge on any atom is -0.457 e. The molecule has 4 rings (SSSR count). The van der Waals surface area contributed by atoms with E-state index in [9.17, 15) is 9.59 Å². The van der Waals surface area contributed by atoms with Crippen LogP contribution in [0.3, 0.4) is 0 Å². The lowest BCUT2D eigenvalue weighted by molar-refractivity contribution is -0.157. The fourth-order valence-electron chi connectivity index (χ4n) is 3.63. The maximum atomic E-state index is 12.7. The van der Waals surface area contributed by atoms with Crippen LogP contribution in [0, 0.1) is 11.8 Å². The molecule has 0 spiro atoms. The molecular weight excluding hydrogens is 322 g/mol. The highest BCUT2D eigenvalue weighted by molar-refractivity contribution is 7.99. The Kier molecular flexibility index (Phi) is 4.53. The van der Waals surface area contributed by atoms with Gasteiger partial charge in [0.2, 0.25) is 5.91 Å². The molecule has 0 radical (unpaired) electrons. The molecule has 0 N–H and O–H groups in total. The van der Waals surface area contributed by atoms with E-state index in [0.717, 1.165) is 50.0 Å². The monoisotopic (exact) mass is 345 g/mol. The maximum absolute atomic E-state index is 12.7. The molecule has 0 bridgehead atoms. The number of carbonyl (C=O) groups is 2. The van der Waals surface area contributed by atoms with Crippen LogP contribution in [0.15, 0.2) is 29.2 Å². The number of carbonyl (C=O) groups excluding carboxylic acids is 2. The number of thioether (sulfide) groups is 1. The van der Waals surface area contributed by atoms with E-state index in [1.165, 1.54) is 4.90 Å². The first-order valence-electron chi connectivity index (χ1n) is 8.93. The van der Waals surface area contributed by atoms with Crippen LogP contribution in [0.1, 0.15) is 43.8 Å². The van der Waals surface area contributed by atoms with Crippen molar-refractivity contribution < 1.29 is 14.3 Å². The minimum atomic E-state index is -0.164. The summed E-state index contributed by atoms with van der Waals surface area (Å²) < 4.78 is 5.87. The first kappa shape index (κ1) is 16.0. The van der Waals surface area contributed by atoms with E-state index in [4.69, 9.17) is 4.74 Å². The SMILES string of the molecule is O=C(O[C@@H]1CCSc2ccccc21)[C@@H]1CCCN(C(=O)C2CC2)C1. The van der Waals surface area contributed by atoms with Gasteiger partial charge in [-0.3, -0.25) is 9.59 Å². The standard InChI is InChI=1S/C19H23NO3S/c21-18(13-7-8-13)20-10-3-4-14(12-20)19(22)23-16-9-11-24-17-6-2-1-5-15(16)17/h1-2,5-6,13-14,16H,3-4,7-12H2/t14-,16-/m1/s1. The van der Waals surface area contributed by atoms with Crippen LogP contribution in [0.5, 0.6) is 0 Å². The van der Waals surface area contributed by atoms with Gasteiger partial charge < -0.3 is 9.64 Å². The lowest BCUT2D eigenvalue weighted by atomic mass is 9.97. The molecule has 1 aromatic carbocycles. The Morgan fingerprint density at radius 3 is 2.75 bits per heavy atom. The lowest BCUT2D eigenvalue weighted by Gasteiger charge is -2.33. The number of amides is 1. The van der Waals surface area contributed by atoms with Crippen molar-refractivity contribution in [3.8, 4) is 0 Å². The van der Waals surface area contributed by atoms with Gasteiger partial charge in [0.15, 0.2) is 0 Å². The average Bonchev–Trinajstić information content (AvgIpc) is 3.47. The van der Waals surface area contributed by atoms with Crippen molar-refractivity contribution in [2.24, 2.45) is 11.8 Å². The molecule has 0 unspecified atom stereocenters. The first-order chi connectivity index (χ1) is 11.7. The van der Waals surface area contributed by atoms with Crippen LogP contribution in [-0.2, 0) is 14.3 Å². The van der Waals surface area contributed by atoms with E-state index in [1.54, 1.807) is 0 Å². The summed E-state index contributed by atoms with van der Waals surface area (Å²) in [6, 6.07) is 8.18. The highest BCUT2D eigenvalue weighted by atomic mass is 32.2. The van der Waals surface area contributed by atoms with Crippen LogP contribution in [0.4, 0.5) is 0 Å². The molecule has 2 fully saturated rings. The fraction of sp³-hybridized carbons (Fsp3) is 0.579. The van der Waals surface area contributed by atoms with Gasteiger partial charge in [-0.2, -0.15) is 0 Å². The van der Waals surface area contributed by atoms with Crippen molar-refractivity contribution in [1.82, 2.24) is 4.90 Å². The molecule has 0 aromatic heterocycles. The highest BCUT2D eigenvalue weighted by Crippen LogP contribution is 2.39. The number of ether oxygens (including phenoxy) is 1. The summed E-state index contributed by atoms with van der Waals surface area (Å²) in [7, 11) is 0. The summed E-state index contributed by atoms with van der Waals surface area (Å²) in [6.07, 6.45) is 4.49. The van der Waals surface area contributed by atoms with Crippen LogP contribution in [0.25, 0.3) is 0 Å². The Balaban J connectivity index is 1.40. The van der Waals surface area contributed by atoms with Gasteiger partial charge in [-0.15, -0.1) is 11.8 Å². The molecule has 1 aliphatic carbocycles. The smallest absolute Gasteiger partial charge is 0.311 e. The Hall–Kier alpha value is -1.49. The molecule has 128 valence electrons. The number of hydrogen-bond acceptors (Lipinski definition) is 4. The van der Waals surface area contributed by atoms with Gasteiger partial charge in [-0.1, -0.05) is 18.2 Å². The van der Waals surface area contributed by atoms with E-state index < -0.39 is 0 Å². The largest absolute Gasteiger partial charge is 0.457 e. The molecule has 2 atom stereocenters. The summed E-state index contributed by atoms with van der Waals surface area (Å²) in [5, 5.41) is 0. The summed E-state index contributed by atoms with van der Waals surface area (Å²) in [4.78, 5) is 28.0. The van der Waals surface area contributed by atoms with Crippen LogP contribution < -0.4 is 0 Å². The quantitative estimate of drug-likeness (QED) is 0.788. The number of piperidine rings is 1. The van der Waals surface area contributed by atoms with E-state index >= 15 is 0 Å². The van der Waals surface area contributed by atoms with E-state index in [1.807, 2.05) is 28.8 Å².